The van der Waals surface area contributed by atoms with Crippen molar-refractivity contribution >= 4 is 11.6 Å². The SMILES string of the molecule is COCCCNC(=O)c1cncc(NCCc2ccc(OC)cc2)c1. The van der Waals surface area contributed by atoms with Gasteiger partial charge in [0, 0.05) is 39.2 Å². The molecule has 0 bridgehead atoms. The van der Waals surface area contributed by atoms with Gasteiger partial charge in [-0.1, -0.05) is 12.1 Å². The number of benzene rings is 1. The molecule has 2 aromatic rings. The highest BCUT2D eigenvalue weighted by Gasteiger charge is 2.06. The number of nitrogens with one attached hydrogen (secondary N) is 2. The molecule has 0 saturated carbocycles. The van der Waals surface area contributed by atoms with Crippen molar-refractivity contribution in [3.63, 3.8) is 0 Å². The summed E-state index contributed by atoms with van der Waals surface area (Å²) in [5, 5.41) is 6.15. The fourth-order valence-electron chi connectivity index (χ4n) is 2.32. The number of hydrogen-bond donors (Lipinski definition) is 2. The predicted octanol–water partition coefficient (Wildman–Crippen LogP) is 2.51. The summed E-state index contributed by atoms with van der Waals surface area (Å²) in [6, 6.07) is 9.80. The van der Waals surface area contributed by atoms with E-state index in [-0.39, 0.29) is 5.91 Å². The Morgan fingerprint density at radius 1 is 1.12 bits per heavy atom. The van der Waals surface area contributed by atoms with Crippen molar-refractivity contribution in [3.8, 4) is 5.75 Å². The zero-order valence-electron chi connectivity index (χ0n) is 14.7. The number of amides is 1. The van der Waals surface area contributed by atoms with Crippen molar-refractivity contribution in [3.05, 3.63) is 53.9 Å². The molecule has 1 aromatic heterocycles. The zero-order valence-corrected chi connectivity index (χ0v) is 14.7. The molecule has 0 aliphatic heterocycles. The Morgan fingerprint density at radius 2 is 1.92 bits per heavy atom. The maximum atomic E-state index is 12.1. The van der Waals surface area contributed by atoms with Crippen LogP contribution in [-0.4, -0.2) is 44.8 Å². The lowest BCUT2D eigenvalue weighted by molar-refractivity contribution is 0.0948. The molecule has 1 aromatic carbocycles. The minimum Gasteiger partial charge on any atom is -0.497 e. The van der Waals surface area contributed by atoms with Crippen LogP contribution in [-0.2, 0) is 11.2 Å². The highest BCUT2D eigenvalue weighted by molar-refractivity contribution is 5.94. The molecule has 0 saturated heterocycles. The second-order valence-corrected chi connectivity index (χ2v) is 5.59. The highest BCUT2D eigenvalue weighted by Crippen LogP contribution is 2.13. The van der Waals surface area contributed by atoms with Gasteiger partial charge in [0.2, 0.25) is 0 Å². The molecular formula is C19H25N3O3. The van der Waals surface area contributed by atoms with Crippen LogP contribution in [0.1, 0.15) is 22.3 Å². The lowest BCUT2D eigenvalue weighted by Gasteiger charge is -2.09. The van der Waals surface area contributed by atoms with Crippen LogP contribution in [0.2, 0.25) is 0 Å². The van der Waals surface area contributed by atoms with Crippen molar-refractivity contribution in [2.75, 3.05) is 39.2 Å². The molecule has 0 spiro atoms. The minimum atomic E-state index is -0.123. The fraction of sp³-hybridized carbons (Fsp3) is 0.368. The Bertz CT molecular complexity index is 659. The lowest BCUT2D eigenvalue weighted by atomic mass is 10.1. The van der Waals surface area contributed by atoms with Gasteiger partial charge in [-0.3, -0.25) is 9.78 Å². The van der Waals surface area contributed by atoms with Gasteiger partial charge in [0.15, 0.2) is 0 Å². The first-order chi connectivity index (χ1) is 12.2. The summed E-state index contributed by atoms with van der Waals surface area (Å²) in [5.74, 6) is 0.729. The number of hydrogen-bond acceptors (Lipinski definition) is 5. The Labute approximate surface area is 148 Å². The Hall–Kier alpha value is -2.60. The van der Waals surface area contributed by atoms with Crippen LogP contribution in [0.15, 0.2) is 42.7 Å². The van der Waals surface area contributed by atoms with Crippen LogP contribution in [0.25, 0.3) is 0 Å². The molecule has 0 atom stereocenters. The standard InChI is InChI=1S/C19H25N3O3/c1-24-11-3-9-22-19(23)16-12-17(14-20-13-16)21-10-8-15-4-6-18(25-2)7-5-15/h4-7,12-14,21H,3,8-11H2,1-2H3,(H,22,23). The van der Waals surface area contributed by atoms with Crippen molar-refractivity contribution in [2.24, 2.45) is 0 Å². The summed E-state index contributed by atoms with van der Waals surface area (Å²) in [6.45, 7) is 1.97. The molecule has 0 radical (unpaired) electrons. The summed E-state index contributed by atoms with van der Waals surface area (Å²) in [4.78, 5) is 16.2. The van der Waals surface area contributed by atoms with Crippen LogP contribution < -0.4 is 15.4 Å². The van der Waals surface area contributed by atoms with E-state index < -0.39 is 0 Å². The highest BCUT2D eigenvalue weighted by atomic mass is 16.5. The largest absolute Gasteiger partial charge is 0.497 e. The number of anilines is 1. The Balaban J connectivity index is 1.80. The summed E-state index contributed by atoms with van der Waals surface area (Å²) >= 11 is 0. The molecule has 25 heavy (non-hydrogen) atoms. The molecule has 134 valence electrons. The second-order valence-electron chi connectivity index (χ2n) is 5.59. The Morgan fingerprint density at radius 3 is 2.64 bits per heavy atom. The second kappa shape index (κ2) is 10.3. The molecule has 0 aliphatic carbocycles. The van der Waals surface area contributed by atoms with Crippen molar-refractivity contribution in [2.45, 2.75) is 12.8 Å². The number of aromatic nitrogens is 1. The average Bonchev–Trinajstić information content (AvgIpc) is 2.66. The summed E-state index contributed by atoms with van der Waals surface area (Å²) in [6.07, 6.45) is 4.95. The van der Waals surface area contributed by atoms with Gasteiger partial charge in [0.1, 0.15) is 5.75 Å². The normalized spacial score (nSPS) is 10.3. The van der Waals surface area contributed by atoms with Crippen molar-refractivity contribution in [1.82, 2.24) is 10.3 Å². The molecule has 1 heterocycles. The maximum absolute atomic E-state index is 12.1. The predicted molar refractivity (Wildman–Crippen MR) is 98.3 cm³/mol. The van der Waals surface area contributed by atoms with E-state index in [2.05, 4.69) is 15.6 Å². The minimum absolute atomic E-state index is 0.123. The third-order valence-electron chi connectivity index (χ3n) is 3.71. The number of ether oxygens (including phenoxy) is 2. The molecular weight excluding hydrogens is 318 g/mol. The van der Waals surface area contributed by atoms with Crippen LogP contribution in [0.5, 0.6) is 5.75 Å². The third-order valence-corrected chi connectivity index (χ3v) is 3.71. The molecule has 1 amide bonds. The van der Waals surface area contributed by atoms with Crippen LogP contribution in [0.4, 0.5) is 5.69 Å². The Kier molecular flexibility index (Phi) is 7.72. The van der Waals surface area contributed by atoms with E-state index in [0.29, 0.717) is 18.7 Å². The van der Waals surface area contributed by atoms with Crippen molar-refractivity contribution < 1.29 is 14.3 Å². The number of rotatable bonds is 10. The molecule has 2 rings (SSSR count). The molecule has 6 nitrogen and oxygen atoms in total. The number of carbonyl (C=O) groups excluding carboxylic acids is 1. The van der Waals surface area contributed by atoms with Crippen LogP contribution in [0, 0.1) is 0 Å². The van der Waals surface area contributed by atoms with Crippen molar-refractivity contribution in [1.29, 1.82) is 0 Å². The number of pyridine rings is 1. The van der Waals surface area contributed by atoms with E-state index in [1.54, 1.807) is 26.6 Å². The van der Waals surface area contributed by atoms with E-state index in [1.807, 2.05) is 30.3 Å². The third kappa shape index (κ3) is 6.43. The van der Waals surface area contributed by atoms with Gasteiger partial charge in [0.05, 0.1) is 18.4 Å². The fourth-order valence-corrected chi connectivity index (χ4v) is 2.32. The molecule has 0 aliphatic rings. The molecule has 0 unspecified atom stereocenters. The van der Waals surface area contributed by atoms with E-state index >= 15 is 0 Å². The molecule has 2 N–H and O–H groups in total. The van der Waals surface area contributed by atoms with Gasteiger partial charge in [-0.15, -0.1) is 0 Å². The van der Waals surface area contributed by atoms with E-state index in [1.165, 1.54) is 5.56 Å². The van der Waals surface area contributed by atoms with Gasteiger partial charge in [-0.05, 0) is 36.6 Å². The van der Waals surface area contributed by atoms with E-state index in [0.717, 1.165) is 30.8 Å². The van der Waals surface area contributed by atoms with Crippen LogP contribution in [0.3, 0.4) is 0 Å². The zero-order chi connectivity index (χ0) is 17.9. The van der Waals surface area contributed by atoms with Gasteiger partial charge in [-0.2, -0.15) is 0 Å². The van der Waals surface area contributed by atoms with E-state index in [4.69, 9.17) is 9.47 Å². The van der Waals surface area contributed by atoms with E-state index in [9.17, 15) is 4.79 Å². The number of carbonyl (C=O) groups is 1. The summed E-state index contributed by atoms with van der Waals surface area (Å²) < 4.78 is 10.1. The van der Waals surface area contributed by atoms with Gasteiger partial charge >= 0.3 is 0 Å². The molecule has 0 fully saturated rings. The first-order valence-electron chi connectivity index (χ1n) is 8.32. The monoisotopic (exact) mass is 343 g/mol. The number of nitrogens with zero attached hydrogens (tertiary/aromatic N) is 1. The summed E-state index contributed by atoms with van der Waals surface area (Å²) in [5.41, 5.74) is 2.60. The first-order valence-corrected chi connectivity index (χ1v) is 8.32. The quantitative estimate of drug-likeness (QED) is 0.649. The van der Waals surface area contributed by atoms with Gasteiger partial charge < -0.3 is 20.1 Å². The van der Waals surface area contributed by atoms with Crippen LogP contribution >= 0.6 is 0 Å². The maximum Gasteiger partial charge on any atom is 0.252 e. The van der Waals surface area contributed by atoms with Gasteiger partial charge in [0.25, 0.3) is 5.91 Å². The topological polar surface area (TPSA) is 72.5 Å². The lowest BCUT2D eigenvalue weighted by Crippen LogP contribution is -2.25. The molecule has 6 heteroatoms. The van der Waals surface area contributed by atoms with Gasteiger partial charge in [-0.25, -0.2) is 0 Å². The number of methoxy groups -OCH3 is 2. The first kappa shape index (κ1) is 18.7. The average molecular weight is 343 g/mol. The summed E-state index contributed by atoms with van der Waals surface area (Å²) in [7, 11) is 3.30. The smallest absolute Gasteiger partial charge is 0.252 e.